The van der Waals surface area contributed by atoms with Crippen LogP contribution in [0.5, 0.6) is 0 Å². The average molecular weight is 367 g/mol. The second-order valence-electron chi connectivity index (χ2n) is 4.93. The molecule has 0 amide bonds. The van der Waals surface area contributed by atoms with Crippen LogP contribution < -0.4 is 5.73 Å². The van der Waals surface area contributed by atoms with Crippen molar-refractivity contribution in [2.45, 2.75) is 13.1 Å². The first-order chi connectivity index (χ1) is 9.97. The van der Waals surface area contributed by atoms with E-state index in [9.17, 15) is 4.39 Å². The molecule has 5 heteroatoms. The second kappa shape index (κ2) is 7.11. The Morgan fingerprint density at radius 3 is 2.52 bits per heavy atom. The van der Waals surface area contributed by atoms with Gasteiger partial charge < -0.3 is 5.73 Å². The summed E-state index contributed by atoms with van der Waals surface area (Å²) in [6.45, 7) is 1.21. The van der Waals surface area contributed by atoms with Gasteiger partial charge in [-0.2, -0.15) is 0 Å². The van der Waals surface area contributed by atoms with Crippen molar-refractivity contribution in [3.8, 4) is 0 Å². The molecule has 21 heavy (non-hydrogen) atoms. The van der Waals surface area contributed by atoms with E-state index in [2.05, 4.69) is 15.9 Å². The second-order valence-corrected chi connectivity index (χ2v) is 6.23. The Kier molecular flexibility index (Phi) is 5.45. The maximum Gasteiger partial charge on any atom is 0.127 e. The minimum atomic E-state index is -0.242. The summed E-state index contributed by atoms with van der Waals surface area (Å²) in [5, 5.41) is 0. The Bertz CT molecular complexity index is 660. The number of benzene rings is 2. The summed E-state index contributed by atoms with van der Waals surface area (Å²) >= 11 is 8.46. The Hall–Kier alpha value is -1.30. The largest absolute Gasteiger partial charge is 0.389 e. The van der Waals surface area contributed by atoms with Crippen molar-refractivity contribution in [2.75, 3.05) is 7.05 Å². The number of thiocarbonyl (C=S) groups is 1. The van der Waals surface area contributed by atoms with Crippen LogP contribution in [-0.2, 0) is 13.1 Å². The molecule has 2 nitrogen and oxygen atoms in total. The Morgan fingerprint density at radius 2 is 1.86 bits per heavy atom. The van der Waals surface area contributed by atoms with Crippen molar-refractivity contribution in [3.05, 3.63) is 69.4 Å². The molecule has 0 heterocycles. The Balaban J connectivity index is 2.12. The van der Waals surface area contributed by atoms with Crippen LogP contribution in [0.2, 0.25) is 0 Å². The average Bonchev–Trinajstić information content (AvgIpc) is 2.43. The predicted octanol–water partition coefficient (Wildman–Crippen LogP) is 3.85. The zero-order valence-electron chi connectivity index (χ0n) is 11.6. The SMILES string of the molecule is CN(Cc1cc(C(N)=S)ccc1F)Cc1ccccc1Br. The predicted molar refractivity (Wildman–Crippen MR) is 91.6 cm³/mol. The van der Waals surface area contributed by atoms with E-state index in [4.69, 9.17) is 18.0 Å². The molecular formula is C16H16BrFN2S. The molecule has 2 aromatic carbocycles. The van der Waals surface area contributed by atoms with Crippen molar-refractivity contribution >= 4 is 33.1 Å². The third kappa shape index (κ3) is 4.33. The Labute approximate surface area is 137 Å². The highest BCUT2D eigenvalue weighted by Crippen LogP contribution is 2.19. The van der Waals surface area contributed by atoms with Crippen LogP contribution >= 0.6 is 28.1 Å². The van der Waals surface area contributed by atoms with Gasteiger partial charge in [-0.1, -0.05) is 46.3 Å². The summed E-state index contributed by atoms with van der Waals surface area (Å²) in [4.78, 5) is 2.33. The number of hydrogen-bond donors (Lipinski definition) is 1. The summed E-state index contributed by atoms with van der Waals surface area (Å²) < 4.78 is 14.9. The molecule has 0 fully saturated rings. The first-order valence-electron chi connectivity index (χ1n) is 6.47. The minimum absolute atomic E-state index is 0.242. The molecule has 0 radical (unpaired) electrons. The van der Waals surface area contributed by atoms with Gasteiger partial charge in [0.2, 0.25) is 0 Å². The molecule has 0 unspecified atom stereocenters. The Morgan fingerprint density at radius 1 is 1.19 bits per heavy atom. The van der Waals surface area contributed by atoms with Crippen LogP contribution in [0, 0.1) is 5.82 Å². The fourth-order valence-electron chi connectivity index (χ4n) is 2.11. The van der Waals surface area contributed by atoms with Gasteiger partial charge in [-0.25, -0.2) is 4.39 Å². The lowest BCUT2D eigenvalue weighted by atomic mass is 10.1. The molecule has 0 aliphatic carbocycles. The lowest BCUT2D eigenvalue weighted by molar-refractivity contribution is 0.313. The van der Waals surface area contributed by atoms with Crippen LogP contribution in [0.15, 0.2) is 46.9 Å². The summed E-state index contributed by atoms with van der Waals surface area (Å²) in [7, 11) is 1.95. The molecule has 0 aliphatic rings. The lowest BCUT2D eigenvalue weighted by Crippen LogP contribution is -2.19. The first kappa shape index (κ1) is 16.1. The summed E-state index contributed by atoms with van der Waals surface area (Å²) in [5.41, 5.74) is 8.04. The molecule has 2 N–H and O–H groups in total. The van der Waals surface area contributed by atoms with Gasteiger partial charge in [0.25, 0.3) is 0 Å². The van der Waals surface area contributed by atoms with Crippen LogP contribution in [0.25, 0.3) is 0 Å². The number of nitrogens with two attached hydrogens (primary N) is 1. The fourth-order valence-corrected chi connectivity index (χ4v) is 2.65. The van der Waals surface area contributed by atoms with Crippen LogP contribution in [0.1, 0.15) is 16.7 Å². The first-order valence-corrected chi connectivity index (χ1v) is 7.67. The highest BCUT2D eigenvalue weighted by atomic mass is 79.9. The molecule has 0 saturated heterocycles. The van der Waals surface area contributed by atoms with Gasteiger partial charge in [-0.3, -0.25) is 4.90 Å². The van der Waals surface area contributed by atoms with E-state index in [1.165, 1.54) is 6.07 Å². The van der Waals surface area contributed by atoms with E-state index in [0.29, 0.717) is 17.7 Å². The minimum Gasteiger partial charge on any atom is -0.389 e. The monoisotopic (exact) mass is 366 g/mol. The molecule has 2 aromatic rings. The van der Waals surface area contributed by atoms with Crippen molar-refractivity contribution < 1.29 is 4.39 Å². The normalized spacial score (nSPS) is 10.9. The molecule has 110 valence electrons. The standard InChI is InChI=1S/C16H16BrFN2S/c1-20(9-12-4-2-3-5-14(12)17)10-13-8-11(16(19)21)6-7-15(13)18/h2-8H,9-10H2,1H3,(H2,19,21). The van der Waals surface area contributed by atoms with Crippen molar-refractivity contribution in [1.82, 2.24) is 4.90 Å². The van der Waals surface area contributed by atoms with Gasteiger partial charge in [-0.15, -0.1) is 0 Å². The van der Waals surface area contributed by atoms with Gasteiger partial charge in [0, 0.05) is 28.7 Å². The highest BCUT2D eigenvalue weighted by Gasteiger charge is 2.09. The molecule has 0 bridgehead atoms. The van der Waals surface area contributed by atoms with Gasteiger partial charge in [-0.05, 0) is 36.9 Å². The molecule has 2 rings (SSSR count). The summed E-state index contributed by atoms with van der Waals surface area (Å²) in [6, 6.07) is 12.7. The number of halogens is 2. The van der Waals surface area contributed by atoms with Gasteiger partial charge >= 0.3 is 0 Å². The van der Waals surface area contributed by atoms with Crippen LogP contribution in [0.4, 0.5) is 4.39 Å². The van der Waals surface area contributed by atoms with E-state index in [1.807, 2.05) is 36.2 Å². The maximum absolute atomic E-state index is 13.9. The quantitative estimate of drug-likeness (QED) is 0.814. The fraction of sp³-hybridized carbons (Fsp3) is 0.188. The van der Waals surface area contributed by atoms with Crippen molar-refractivity contribution in [1.29, 1.82) is 0 Å². The van der Waals surface area contributed by atoms with Crippen LogP contribution in [-0.4, -0.2) is 16.9 Å². The van der Waals surface area contributed by atoms with E-state index in [0.717, 1.165) is 16.6 Å². The molecule has 0 saturated carbocycles. The van der Waals surface area contributed by atoms with E-state index < -0.39 is 0 Å². The molecule has 0 atom stereocenters. The molecular weight excluding hydrogens is 351 g/mol. The van der Waals surface area contributed by atoms with Crippen LogP contribution in [0.3, 0.4) is 0 Å². The number of nitrogens with zero attached hydrogens (tertiary/aromatic N) is 1. The molecule has 0 spiro atoms. The van der Waals surface area contributed by atoms with Crippen molar-refractivity contribution in [3.63, 3.8) is 0 Å². The molecule has 0 aliphatic heterocycles. The van der Waals surface area contributed by atoms with Gasteiger partial charge in [0.05, 0.1) is 0 Å². The summed E-state index contributed by atoms with van der Waals surface area (Å²) in [5.74, 6) is -0.242. The lowest BCUT2D eigenvalue weighted by Gasteiger charge is -2.18. The molecule has 0 aromatic heterocycles. The highest BCUT2D eigenvalue weighted by molar-refractivity contribution is 9.10. The number of rotatable bonds is 5. The smallest absolute Gasteiger partial charge is 0.127 e. The van der Waals surface area contributed by atoms with Crippen molar-refractivity contribution in [2.24, 2.45) is 5.73 Å². The third-order valence-corrected chi connectivity index (χ3v) is 4.18. The number of hydrogen-bond acceptors (Lipinski definition) is 2. The van der Waals surface area contributed by atoms with E-state index >= 15 is 0 Å². The third-order valence-electron chi connectivity index (χ3n) is 3.17. The topological polar surface area (TPSA) is 29.3 Å². The maximum atomic E-state index is 13.9. The van der Waals surface area contributed by atoms with Gasteiger partial charge in [0.1, 0.15) is 10.8 Å². The van der Waals surface area contributed by atoms with E-state index in [1.54, 1.807) is 12.1 Å². The summed E-state index contributed by atoms with van der Waals surface area (Å²) in [6.07, 6.45) is 0. The van der Waals surface area contributed by atoms with Gasteiger partial charge in [0.15, 0.2) is 0 Å². The van der Waals surface area contributed by atoms with E-state index in [-0.39, 0.29) is 10.8 Å². The zero-order valence-corrected chi connectivity index (χ0v) is 14.0. The zero-order chi connectivity index (χ0) is 15.4.